The second-order valence-electron chi connectivity index (χ2n) is 4.98. The SMILES string of the molecule is CC1CNC2CCCCCCC2OC1. The van der Waals surface area contributed by atoms with Crippen LogP contribution in [0.15, 0.2) is 0 Å². The first-order valence-corrected chi connectivity index (χ1v) is 6.21. The van der Waals surface area contributed by atoms with Crippen molar-refractivity contribution in [3.05, 3.63) is 0 Å². The van der Waals surface area contributed by atoms with Gasteiger partial charge in [0.1, 0.15) is 0 Å². The van der Waals surface area contributed by atoms with Gasteiger partial charge in [-0.25, -0.2) is 0 Å². The predicted octanol–water partition coefficient (Wildman–Crippen LogP) is 2.33. The molecule has 82 valence electrons. The first kappa shape index (κ1) is 10.4. The van der Waals surface area contributed by atoms with Gasteiger partial charge < -0.3 is 10.1 Å². The lowest BCUT2D eigenvalue weighted by Crippen LogP contribution is -2.40. The highest BCUT2D eigenvalue weighted by Crippen LogP contribution is 2.22. The van der Waals surface area contributed by atoms with Crippen LogP contribution in [0, 0.1) is 5.92 Å². The molecular formula is C12H23NO. The van der Waals surface area contributed by atoms with Crippen LogP contribution in [0.3, 0.4) is 0 Å². The van der Waals surface area contributed by atoms with Crippen molar-refractivity contribution >= 4 is 0 Å². The minimum atomic E-state index is 0.500. The summed E-state index contributed by atoms with van der Waals surface area (Å²) < 4.78 is 5.99. The van der Waals surface area contributed by atoms with Crippen molar-refractivity contribution in [3.63, 3.8) is 0 Å². The van der Waals surface area contributed by atoms with E-state index in [4.69, 9.17) is 4.74 Å². The summed E-state index contributed by atoms with van der Waals surface area (Å²) in [6, 6.07) is 0.639. The maximum absolute atomic E-state index is 5.99. The molecule has 3 unspecified atom stereocenters. The molecule has 0 spiro atoms. The van der Waals surface area contributed by atoms with Crippen LogP contribution in [-0.2, 0) is 4.74 Å². The van der Waals surface area contributed by atoms with E-state index in [1.165, 1.54) is 38.5 Å². The zero-order valence-corrected chi connectivity index (χ0v) is 9.30. The van der Waals surface area contributed by atoms with Crippen LogP contribution >= 0.6 is 0 Å². The van der Waals surface area contributed by atoms with E-state index in [2.05, 4.69) is 12.2 Å². The third kappa shape index (κ3) is 2.71. The van der Waals surface area contributed by atoms with Crippen LogP contribution in [0.4, 0.5) is 0 Å². The van der Waals surface area contributed by atoms with Crippen molar-refractivity contribution in [1.82, 2.24) is 5.32 Å². The van der Waals surface area contributed by atoms with Gasteiger partial charge in [0.25, 0.3) is 0 Å². The number of ether oxygens (including phenoxy) is 1. The molecule has 2 heteroatoms. The maximum atomic E-state index is 5.99. The molecule has 0 bridgehead atoms. The summed E-state index contributed by atoms with van der Waals surface area (Å²) in [5.74, 6) is 0.684. The Morgan fingerprint density at radius 1 is 1.07 bits per heavy atom. The zero-order chi connectivity index (χ0) is 9.80. The summed E-state index contributed by atoms with van der Waals surface area (Å²) in [4.78, 5) is 0. The molecule has 2 rings (SSSR count). The number of fused-ring (bicyclic) bond motifs is 1. The van der Waals surface area contributed by atoms with Gasteiger partial charge in [0.05, 0.1) is 12.7 Å². The zero-order valence-electron chi connectivity index (χ0n) is 9.30. The molecule has 2 fully saturated rings. The lowest BCUT2D eigenvalue weighted by atomic mass is 9.94. The molecule has 1 heterocycles. The Balaban J connectivity index is 1.93. The van der Waals surface area contributed by atoms with Crippen LogP contribution in [-0.4, -0.2) is 25.3 Å². The van der Waals surface area contributed by atoms with Crippen molar-refractivity contribution in [3.8, 4) is 0 Å². The summed E-state index contributed by atoms with van der Waals surface area (Å²) >= 11 is 0. The maximum Gasteiger partial charge on any atom is 0.0728 e. The van der Waals surface area contributed by atoms with E-state index in [-0.39, 0.29) is 0 Å². The highest BCUT2D eigenvalue weighted by atomic mass is 16.5. The Bertz CT molecular complexity index is 154. The van der Waals surface area contributed by atoms with E-state index in [1.807, 2.05) is 0 Å². The average molecular weight is 197 g/mol. The van der Waals surface area contributed by atoms with Gasteiger partial charge in [-0.3, -0.25) is 0 Å². The molecule has 1 saturated carbocycles. The first-order chi connectivity index (χ1) is 6.86. The molecule has 0 amide bonds. The lowest BCUT2D eigenvalue weighted by molar-refractivity contribution is 0.0194. The van der Waals surface area contributed by atoms with Crippen molar-refractivity contribution in [2.45, 2.75) is 57.6 Å². The molecule has 1 saturated heterocycles. The molecule has 0 radical (unpaired) electrons. The van der Waals surface area contributed by atoms with Gasteiger partial charge in [-0.1, -0.05) is 32.6 Å². The van der Waals surface area contributed by atoms with Gasteiger partial charge in [-0.15, -0.1) is 0 Å². The van der Waals surface area contributed by atoms with Gasteiger partial charge >= 0.3 is 0 Å². The monoisotopic (exact) mass is 197 g/mol. The third-order valence-electron chi connectivity index (χ3n) is 3.53. The molecule has 2 aliphatic rings. The lowest BCUT2D eigenvalue weighted by Gasteiger charge is -2.27. The average Bonchev–Trinajstić information content (AvgIpc) is 2.29. The summed E-state index contributed by atoms with van der Waals surface area (Å²) in [7, 11) is 0. The molecule has 0 aromatic rings. The third-order valence-corrected chi connectivity index (χ3v) is 3.53. The van der Waals surface area contributed by atoms with Crippen molar-refractivity contribution in [1.29, 1.82) is 0 Å². The van der Waals surface area contributed by atoms with Gasteiger partial charge in [0.15, 0.2) is 0 Å². The topological polar surface area (TPSA) is 21.3 Å². The summed E-state index contributed by atoms with van der Waals surface area (Å²) in [6.07, 6.45) is 8.65. The van der Waals surface area contributed by atoms with E-state index in [9.17, 15) is 0 Å². The molecule has 14 heavy (non-hydrogen) atoms. The molecule has 3 atom stereocenters. The van der Waals surface area contributed by atoms with Crippen LogP contribution in [0.2, 0.25) is 0 Å². The standard InChI is InChI=1S/C12H23NO/c1-10-8-13-11-6-4-2-3-5-7-12(11)14-9-10/h10-13H,2-9H2,1H3. The summed E-state index contributed by atoms with van der Waals surface area (Å²) in [5, 5.41) is 3.68. The van der Waals surface area contributed by atoms with Gasteiger partial charge in [0.2, 0.25) is 0 Å². The summed E-state index contributed by atoms with van der Waals surface area (Å²) in [6.45, 7) is 4.36. The number of nitrogens with one attached hydrogen (secondary N) is 1. The highest BCUT2D eigenvalue weighted by Gasteiger charge is 2.26. The fraction of sp³-hybridized carbons (Fsp3) is 1.00. The fourth-order valence-electron chi connectivity index (χ4n) is 2.58. The van der Waals surface area contributed by atoms with Crippen LogP contribution in [0.25, 0.3) is 0 Å². The Kier molecular flexibility index (Phi) is 3.82. The number of hydrogen-bond acceptors (Lipinski definition) is 2. The smallest absolute Gasteiger partial charge is 0.0728 e. The van der Waals surface area contributed by atoms with E-state index >= 15 is 0 Å². The second kappa shape index (κ2) is 5.13. The van der Waals surface area contributed by atoms with Crippen LogP contribution in [0.1, 0.15) is 45.4 Å². The molecule has 2 nitrogen and oxygen atoms in total. The van der Waals surface area contributed by atoms with Crippen LogP contribution < -0.4 is 5.32 Å². The molecule has 1 aliphatic heterocycles. The molecule has 1 aliphatic carbocycles. The minimum absolute atomic E-state index is 0.500. The first-order valence-electron chi connectivity index (χ1n) is 6.21. The van der Waals surface area contributed by atoms with Crippen molar-refractivity contribution < 1.29 is 4.74 Å². The highest BCUT2D eigenvalue weighted by molar-refractivity contribution is 4.82. The Morgan fingerprint density at radius 2 is 1.86 bits per heavy atom. The largest absolute Gasteiger partial charge is 0.376 e. The van der Waals surface area contributed by atoms with Crippen molar-refractivity contribution in [2.24, 2.45) is 5.92 Å². The Morgan fingerprint density at radius 3 is 2.71 bits per heavy atom. The summed E-state index contributed by atoms with van der Waals surface area (Å²) in [5.41, 5.74) is 0. The second-order valence-corrected chi connectivity index (χ2v) is 4.98. The van der Waals surface area contributed by atoms with Crippen molar-refractivity contribution in [2.75, 3.05) is 13.2 Å². The Labute approximate surface area is 87.4 Å². The molecule has 0 aromatic carbocycles. The fourth-order valence-corrected chi connectivity index (χ4v) is 2.58. The minimum Gasteiger partial charge on any atom is -0.376 e. The van der Waals surface area contributed by atoms with Crippen LogP contribution in [0.5, 0.6) is 0 Å². The van der Waals surface area contributed by atoms with E-state index in [0.717, 1.165) is 13.2 Å². The number of rotatable bonds is 0. The van der Waals surface area contributed by atoms with E-state index < -0.39 is 0 Å². The van der Waals surface area contributed by atoms with Gasteiger partial charge in [-0.05, 0) is 18.8 Å². The van der Waals surface area contributed by atoms with E-state index in [1.54, 1.807) is 0 Å². The predicted molar refractivity (Wildman–Crippen MR) is 58.4 cm³/mol. The normalized spacial score (nSPS) is 40.5. The van der Waals surface area contributed by atoms with E-state index in [0.29, 0.717) is 18.1 Å². The number of hydrogen-bond donors (Lipinski definition) is 1. The molecule has 0 aromatic heterocycles. The van der Waals surface area contributed by atoms with Gasteiger partial charge in [0, 0.05) is 12.6 Å². The van der Waals surface area contributed by atoms with Gasteiger partial charge in [-0.2, -0.15) is 0 Å². The molecular weight excluding hydrogens is 174 g/mol. The Hall–Kier alpha value is -0.0800. The molecule has 1 N–H and O–H groups in total. The quantitative estimate of drug-likeness (QED) is 0.643.